The van der Waals surface area contributed by atoms with E-state index in [0.717, 1.165) is 5.69 Å². The Kier molecular flexibility index (Phi) is 4.71. The molecule has 116 valence electrons. The zero-order chi connectivity index (χ0) is 16.3. The summed E-state index contributed by atoms with van der Waals surface area (Å²) in [7, 11) is 0. The summed E-state index contributed by atoms with van der Waals surface area (Å²) >= 11 is 0. The third-order valence-electron chi connectivity index (χ3n) is 3.39. The molecule has 0 unspecified atom stereocenters. The van der Waals surface area contributed by atoms with Crippen molar-refractivity contribution in [2.75, 3.05) is 11.1 Å². The Bertz CT molecular complexity index is 693. The van der Waals surface area contributed by atoms with Gasteiger partial charge in [0.05, 0.1) is 17.4 Å². The predicted octanol–water partition coefficient (Wildman–Crippen LogP) is 4.19. The van der Waals surface area contributed by atoms with Crippen molar-refractivity contribution in [1.82, 2.24) is 0 Å². The Morgan fingerprint density at radius 2 is 1.82 bits per heavy atom. The number of ether oxygens (including phenoxy) is 1. The predicted molar refractivity (Wildman–Crippen MR) is 90.6 cm³/mol. The van der Waals surface area contributed by atoms with Crippen molar-refractivity contribution in [2.45, 2.75) is 33.8 Å². The second-order valence-electron chi connectivity index (χ2n) is 5.68. The van der Waals surface area contributed by atoms with Crippen molar-refractivity contribution >= 4 is 23.0 Å². The highest BCUT2D eigenvalue weighted by Gasteiger charge is 2.15. The third kappa shape index (κ3) is 3.79. The van der Waals surface area contributed by atoms with Crippen LogP contribution in [0.15, 0.2) is 36.4 Å². The summed E-state index contributed by atoms with van der Waals surface area (Å²) < 4.78 is 5.28. The lowest BCUT2D eigenvalue weighted by molar-refractivity contribution is 0.0379. The summed E-state index contributed by atoms with van der Waals surface area (Å²) in [6.45, 7) is 7.76. The molecule has 0 aliphatic rings. The number of hydrogen-bond acceptors (Lipinski definition) is 4. The molecule has 0 amide bonds. The van der Waals surface area contributed by atoms with Gasteiger partial charge >= 0.3 is 5.97 Å². The number of nitrogen functional groups attached to an aromatic ring is 1. The van der Waals surface area contributed by atoms with Crippen LogP contribution in [-0.4, -0.2) is 12.1 Å². The number of carbonyl (C=O) groups excluding carboxylic acids is 1. The van der Waals surface area contributed by atoms with Crippen molar-refractivity contribution in [3.8, 4) is 0 Å². The molecule has 2 aromatic carbocycles. The van der Waals surface area contributed by atoms with E-state index in [0.29, 0.717) is 16.9 Å². The molecule has 3 N–H and O–H groups in total. The largest absolute Gasteiger partial charge is 0.459 e. The number of benzene rings is 2. The number of hydrogen-bond donors (Lipinski definition) is 2. The van der Waals surface area contributed by atoms with Crippen LogP contribution >= 0.6 is 0 Å². The molecule has 0 saturated carbocycles. The average Bonchev–Trinajstić information content (AvgIpc) is 2.44. The van der Waals surface area contributed by atoms with Gasteiger partial charge in [0, 0.05) is 11.4 Å². The SMILES string of the molecule is Cc1ccc(Nc2ccc(N)cc2C(=O)OC(C)C)cc1C. The number of anilines is 3. The van der Waals surface area contributed by atoms with Gasteiger partial charge in [0.15, 0.2) is 0 Å². The number of carbonyl (C=O) groups is 1. The summed E-state index contributed by atoms with van der Waals surface area (Å²) in [6.07, 6.45) is -0.177. The lowest BCUT2D eigenvalue weighted by Crippen LogP contribution is -2.13. The number of nitrogens with two attached hydrogens (primary N) is 1. The van der Waals surface area contributed by atoms with E-state index < -0.39 is 0 Å². The molecule has 0 heterocycles. The van der Waals surface area contributed by atoms with Gasteiger partial charge < -0.3 is 15.8 Å². The van der Waals surface area contributed by atoms with Crippen molar-refractivity contribution in [3.63, 3.8) is 0 Å². The van der Waals surface area contributed by atoms with Crippen molar-refractivity contribution in [2.24, 2.45) is 0 Å². The Balaban J connectivity index is 2.34. The molecule has 2 rings (SSSR count). The first-order chi connectivity index (χ1) is 10.4. The summed E-state index contributed by atoms with van der Waals surface area (Å²) in [5, 5.41) is 3.27. The number of esters is 1. The first-order valence-electron chi connectivity index (χ1n) is 7.31. The van der Waals surface area contributed by atoms with Crippen LogP contribution < -0.4 is 11.1 Å². The van der Waals surface area contributed by atoms with Crippen LogP contribution in [-0.2, 0) is 4.74 Å². The second-order valence-corrected chi connectivity index (χ2v) is 5.68. The summed E-state index contributed by atoms with van der Waals surface area (Å²) in [6, 6.07) is 11.3. The van der Waals surface area contributed by atoms with Gasteiger partial charge in [0.2, 0.25) is 0 Å². The highest BCUT2D eigenvalue weighted by Crippen LogP contribution is 2.25. The molecular weight excluding hydrogens is 276 g/mol. The van der Waals surface area contributed by atoms with Crippen LogP contribution in [0.2, 0.25) is 0 Å². The van der Waals surface area contributed by atoms with Crippen LogP contribution in [0.1, 0.15) is 35.3 Å². The minimum atomic E-state index is -0.381. The first-order valence-corrected chi connectivity index (χ1v) is 7.31. The van der Waals surface area contributed by atoms with E-state index in [1.54, 1.807) is 18.2 Å². The van der Waals surface area contributed by atoms with Gasteiger partial charge in [-0.05, 0) is 69.2 Å². The molecule has 0 saturated heterocycles. The van der Waals surface area contributed by atoms with E-state index in [1.165, 1.54) is 11.1 Å². The van der Waals surface area contributed by atoms with E-state index in [2.05, 4.69) is 19.2 Å². The monoisotopic (exact) mass is 298 g/mol. The van der Waals surface area contributed by atoms with Gasteiger partial charge in [-0.2, -0.15) is 0 Å². The van der Waals surface area contributed by atoms with Crippen LogP contribution in [0.5, 0.6) is 0 Å². The Hall–Kier alpha value is -2.49. The summed E-state index contributed by atoms with van der Waals surface area (Å²) in [5.41, 5.74) is 10.8. The zero-order valence-corrected chi connectivity index (χ0v) is 13.4. The average molecular weight is 298 g/mol. The van der Waals surface area contributed by atoms with Crippen molar-refractivity contribution in [1.29, 1.82) is 0 Å². The molecule has 4 nitrogen and oxygen atoms in total. The molecule has 0 fully saturated rings. The van der Waals surface area contributed by atoms with Gasteiger partial charge in [-0.1, -0.05) is 6.07 Å². The maximum atomic E-state index is 12.2. The van der Waals surface area contributed by atoms with Crippen LogP contribution in [0.25, 0.3) is 0 Å². The molecule has 22 heavy (non-hydrogen) atoms. The number of rotatable bonds is 4. The van der Waals surface area contributed by atoms with Gasteiger partial charge in [-0.15, -0.1) is 0 Å². The quantitative estimate of drug-likeness (QED) is 0.656. The molecular formula is C18H22N2O2. The van der Waals surface area contributed by atoms with E-state index in [4.69, 9.17) is 10.5 Å². The highest BCUT2D eigenvalue weighted by atomic mass is 16.5. The molecule has 0 bridgehead atoms. The highest BCUT2D eigenvalue weighted by molar-refractivity contribution is 5.97. The van der Waals surface area contributed by atoms with Gasteiger partial charge in [-0.3, -0.25) is 0 Å². The third-order valence-corrected chi connectivity index (χ3v) is 3.39. The maximum Gasteiger partial charge on any atom is 0.340 e. The number of nitrogens with one attached hydrogen (secondary N) is 1. The Morgan fingerprint density at radius 3 is 2.45 bits per heavy atom. The molecule has 2 aromatic rings. The van der Waals surface area contributed by atoms with E-state index in [-0.39, 0.29) is 12.1 Å². The molecule has 0 aliphatic carbocycles. The Morgan fingerprint density at radius 1 is 1.09 bits per heavy atom. The lowest BCUT2D eigenvalue weighted by Gasteiger charge is -2.15. The number of aryl methyl sites for hydroxylation is 2. The zero-order valence-electron chi connectivity index (χ0n) is 13.4. The lowest BCUT2D eigenvalue weighted by atomic mass is 10.1. The normalized spacial score (nSPS) is 10.6. The van der Waals surface area contributed by atoms with E-state index >= 15 is 0 Å². The van der Waals surface area contributed by atoms with Crippen molar-refractivity contribution < 1.29 is 9.53 Å². The minimum absolute atomic E-state index is 0.177. The van der Waals surface area contributed by atoms with Crippen LogP contribution in [0.3, 0.4) is 0 Å². The standard InChI is InChI=1S/C18H22N2O2/c1-11(2)22-18(21)16-10-14(19)6-8-17(16)20-15-7-5-12(3)13(4)9-15/h5-11,20H,19H2,1-4H3. The first kappa shape index (κ1) is 15.9. The summed E-state index contributed by atoms with van der Waals surface area (Å²) in [4.78, 5) is 12.2. The van der Waals surface area contributed by atoms with E-state index in [1.807, 2.05) is 32.0 Å². The summed E-state index contributed by atoms with van der Waals surface area (Å²) in [5.74, 6) is -0.381. The molecule has 4 heteroatoms. The van der Waals surface area contributed by atoms with Gasteiger partial charge in [0.1, 0.15) is 0 Å². The minimum Gasteiger partial charge on any atom is -0.459 e. The smallest absolute Gasteiger partial charge is 0.340 e. The molecule has 0 spiro atoms. The van der Waals surface area contributed by atoms with Gasteiger partial charge in [-0.25, -0.2) is 4.79 Å². The Labute approximate surface area is 131 Å². The molecule has 0 atom stereocenters. The van der Waals surface area contributed by atoms with Crippen LogP contribution in [0, 0.1) is 13.8 Å². The van der Waals surface area contributed by atoms with Crippen molar-refractivity contribution in [3.05, 3.63) is 53.1 Å². The molecule has 0 aliphatic heterocycles. The molecule has 0 aromatic heterocycles. The van der Waals surface area contributed by atoms with Gasteiger partial charge in [0.25, 0.3) is 0 Å². The van der Waals surface area contributed by atoms with Crippen LogP contribution in [0.4, 0.5) is 17.1 Å². The second kappa shape index (κ2) is 6.52. The molecule has 0 radical (unpaired) electrons. The van der Waals surface area contributed by atoms with E-state index in [9.17, 15) is 4.79 Å². The fraction of sp³-hybridized carbons (Fsp3) is 0.278. The fourth-order valence-electron chi connectivity index (χ4n) is 2.09. The topological polar surface area (TPSA) is 64.3 Å². The maximum absolute atomic E-state index is 12.2. The fourth-order valence-corrected chi connectivity index (χ4v) is 2.09.